The van der Waals surface area contributed by atoms with Gasteiger partial charge >= 0.3 is 6.03 Å². The van der Waals surface area contributed by atoms with Crippen molar-refractivity contribution in [2.45, 2.75) is 58.2 Å². The highest BCUT2D eigenvalue weighted by Crippen LogP contribution is 2.45. The molecule has 1 aliphatic heterocycles. The van der Waals surface area contributed by atoms with Crippen LogP contribution < -0.4 is 15.0 Å². The molecule has 142 valence electrons. The lowest BCUT2D eigenvalue weighted by atomic mass is 9.95. The maximum Gasteiger partial charge on any atom is 0.325 e. The van der Waals surface area contributed by atoms with Gasteiger partial charge in [-0.05, 0) is 48.6 Å². The first-order valence-electron chi connectivity index (χ1n) is 9.80. The molecule has 2 aromatic carbocycles. The monoisotopic (exact) mass is 368 g/mol. The number of nitrogens with zero attached hydrogens (tertiary/aromatic N) is 1. The summed E-state index contributed by atoms with van der Waals surface area (Å²) >= 11 is 0. The van der Waals surface area contributed by atoms with E-state index in [2.05, 4.69) is 12.2 Å². The average Bonchev–Trinajstić information content (AvgIpc) is 3.39. The van der Waals surface area contributed by atoms with Crippen LogP contribution in [0, 0.1) is 5.82 Å². The highest BCUT2D eigenvalue weighted by molar-refractivity contribution is 5.97. The Hall–Kier alpha value is -2.56. The predicted octanol–water partition coefficient (Wildman–Crippen LogP) is 5.25. The van der Waals surface area contributed by atoms with Crippen LogP contribution >= 0.6 is 0 Å². The van der Waals surface area contributed by atoms with E-state index in [0.29, 0.717) is 12.5 Å². The van der Waals surface area contributed by atoms with Crippen LogP contribution in [0.25, 0.3) is 11.1 Å². The summed E-state index contributed by atoms with van der Waals surface area (Å²) in [7, 11) is 0. The number of hydrogen-bond acceptors (Lipinski definition) is 2. The summed E-state index contributed by atoms with van der Waals surface area (Å²) in [4.78, 5) is 14.5. The van der Waals surface area contributed by atoms with Gasteiger partial charge in [-0.2, -0.15) is 0 Å². The van der Waals surface area contributed by atoms with Gasteiger partial charge < -0.3 is 10.1 Å². The molecule has 1 heterocycles. The zero-order valence-corrected chi connectivity index (χ0v) is 15.8. The van der Waals surface area contributed by atoms with Crippen molar-refractivity contribution < 1.29 is 13.9 Å². The Bertz CT molecular complexity index is 846. The van der Waals surface area contributed by atoms with Gasteiger partial charge in [0, 0.05) is 18.0 Å². The lowest BCUT2D eigenvalue weighted by molar-refractivity contribution is 0.204. The number of amides is 2. The summed E-state index contributed by atoms with van der Waals surface area (Å²) in [5, 5.41) is 3.07. The van der Waals surface area contributed by atoms with Gasteiger partial charge in [0.1, 0.15) is 11.6 Å². The molecule has 0 spiro atoms. The number of nitrogens with one attached hydrogen (secondary N) is 1. The van der Waals surface area contributed by atoms with E-state index in [9.17, 15) is 9.18 Å². The number of halogens is 1. The lowest BCUT2D eigenvalue weighted by Crippen LogP contribution is -2.46. The largest absolute Gasteiger partial charge is 0.468 e. The molecule has 1 atom stereocenters. The number of benzene rings is 2. The minimum absolute atomic E-state index is 0.0833. The summed E-state index contributed by atoms with van der Waals surface area (Å²) in [6, 6.07) is 10.7. The summed E-state index contributed by atoms with van der Waals surface area (Å²) < 4.78 is 19.6. The van der Waals surface area contributed by atoms with E-state index in [0.717, 1.165) is 53.8 Å². The second kappa shape index (κ2) is 7.22. The zero-order valence-electron chi connectivity index (χ0n) is 15.8. The van der Waals surface area contributed by atoms with Gasteiger partial charge in [0.25, 0.3) is 0 Å². The van der Waals surface area contributed by atoms with Crippen molar-refractivity contribution in [3.8, 4) is 16.9 Å². The van der Waals surface area contributed by atoms with Crippen molar-refractivity contribution in [1.82, 2.24) is 5.32 Å². The first-order chi connectivity index (χ1) is 13.1. The van der Waals surface area contributed by atoms with Crippen LogP contribution in [-0.4, -0.2) is 18.3 Å². The Morgan fingerprint density at radius 3 is 2.56 bits per heavy atom. The molecule has 0 aromatic heterocycles. The number of hydrogen-bond donors (Lipinski definition) is 1. The van der Waals surface area contributed by atoms with E-state index < -0.39 is 0 Å². The summed E-state index contributed by atoms with van der Waals surface area (Å²) in [5.74, 6) is 0.540. The quantitative estimate of drug-likeness (QED) is 0.783. The van der Waals surface area contributed by atoms with Crippen LogP contribution in [0.15, 0.2) is 36.4 Å². The van der Waals surface area contributed by atoms with Crippen molar-refractivity contribution in [3.05, 3.63) is 47.8 Å². The van der Waals surface area contributed by atoms with Crippen molar-refractivity contribution in [1.29, 1.82) is 0 Å². The minimum Gasteiger partial charge on any atom is -0.468 e. The summed E-state index contributed by atoms with van der Waals surface area (Å²) in [6.45, 7) is 4.14. The molecular weight excluding hydrogens is 343 g/mol. The standard InChI is InChI=1S/C22H25FN2O2/c1-3-5-18-17(14-6-8-15(23)9-7-14)12-13-19-21(18)27-20(4-2)25(19)22(26)24-16-10-11-16/h6-9,12-13,16,20H,3-5,10-11H2,1-2H3,(H,24,26). The third-order valence-electron chi connectivity index (χ3n) is 5.17. The third-order valence-corrected chi connectivity index (χ3v) is 5.17. The van der Waals surface area contributed by atoms with E-state index in [1.54, 1.807) is 17.0 Å². The highest BCUT2D eigenvalue weighted by atomic mass is 19.1. The maximum atomic E-state index is 13.3. The molecule has 4 rings (SSSR count). The maximum absolute atomic E-state index is 13.3. The van der Waals surface area contributed by atoms with Crippen molar-refractivity contribution in [3.63, 3.8) is 0 Å². The zero-order chi connectivity index (χ0) is 19.0. The Morgan fingerprint density at radius 2 is 1.93 bits per heavy atom. The minimum atomic E-state index is -0.294. The molecule has 1 fully saturated rings. The molecule has 1 unspecified atom stereocenters. The average molecular weight is 368 g/mol. The van der Waals surface area contributed by atoms with E-state index in [4.69, 9.17) is 4.74 Å². The van der Waals surface area contributed by atoms with Crippen molar-refractivity contribution >= 4 is 11.7 Å². The second-order valence-electron chi connectivity index (χ2n) is 7.27. The fourth-order valence-corrected chi connectivity index (χ4v) is 3.66. The number of anilines is 1. The molecule has 2 aliphatic rings. The Morgan fingerprint density at radius 1 is 1.19 bits per heavy atom. The Kier molecular flexibility index (Phi) is 4.77. The number of fused-ring (bicyclic) bond motifs is 1. The van der Waals surface area contributed by atoms with Crippen LogP contribution in [0.3, 0.4) is 0 Å². The van der Waals surface area contributed by atoms with Gasteiger partial charge in [-0.15, -0.1) is 0 Å². The van der Waals surface area contributed by atoms with Gasteiger partial charge in [-0.3, -0.25) is 4.90 Å². The van der Waals surface area contributed by atoms with E-state index in [-0.39, 0.29) is 18.1 Å². The molecule has 0 bridgehead atoms. The van der Waals surface area contributed by atoms with Crippen LogP contribution in [0.5, 0.6) is 5.75 Å². The molecule has 5 heteroatoms. The molecular formula is C22H25FN2O2. The van der Waals surface area contributed by atoms with Gasteiger partial charge in [0.15, 0.2) is 6.23 Å². The number of urea groups is 1. The first kappa shape index (κ1) is 17.8. The van der Waals surface area contributed by atoms with Gasteiger partial charge in [0.2, 0.25) is 0 Å². The molecule has 1 saturated carbocycles. The SMILES string of the molecule is CCCc1c(-c2ccc(F)cc2)ccc2c1OC(CC)N2C(=O)NC1CC1. The van der Waals surface area contributed by atoms with Gasteiger partial charge in [0.05, 0.1) is 5.69 Å². The van der Waals surface area contributed by atoms with E-state index in [1.807, 2.05) is 19.1 Å². The summed E-state index contributed by atoms with van der Waals surface area (Å²) in [6.07, 6.45) is 4.31. The Labute approximate surface area is 159 Å². The molecule has 27 heavy (non-hydrogen) atoms. The third kappa shape index (κ3) is 3.38. The first-order valence-corrected chi connectivity index (χ1v) is 9.80. The smallest absolute Gasteiger partial charge is 0.325 e. The Balaban J connectivity index is 1.76. The van der Waals surface area contributed by atoms with Crippen LogP contribution in [0.4, 0.5) is 14.9 Å². The van der Waals surface area contributed by atoms with Crippen LogP contribution in [0.1, 0.15) is 45.1 Å². The number of carbonyl (C=O) groups is 1. The molecule has 2 amide bonds. The number of carbonyl (C=O) groups excluding carboxylic acids is 1. The lowest BCUT2D eigenvalue weighted by Gasteiger charge is -2.22. The fourth-order valence-electron chi connectivity index (χ4n) is 3.66. The second-order valence-corrected chi connectivity index (χ2v) is 7.27. The summed E-state index contributed by atoms with van der Waals surface area (Å²) in [5.41, 5.74) is 3.91. The van der Waals surface area contributed by atoms with Gasteiger partial charge in [-0.25, -0.2) is 9.18 Å². The molecule has 1 aliphatic carbocycles. The molecule has 4 nitrogen and oxygen atoms in total. The highest BCUT2D eigenvalue weighted by Gasteiger charge is 2.38. The van der Waals surface area contributed by atoms with Crippen molar-refractivity contribution in [2.75, 3.05) is 4.90 Å². The predicted molar refractivity (Wildman–Crippen MR) is 105 cm³/mol. The normalized spacial score (nSPS) is 18.2. The molecule has 0 radical (unpaired) electrons. The molecule has 2 aromatic rings. The van der Waals surface area contributed by atoms with Crippen molar-refractivity contribution in [2.24, 2.45) is 0 Å². The van der Waals surface area contributed by atoms with Crippen LogP contribution in [-0.2, 0) is 6.42 Å². The molecule has 1 N–H and O–H groups in total. The van der Waals surface area contributed by atoms with Gasteiger partial charge in [-0.1, -0.05) is 38.5 Å². The topological polar surface area (TPSA) is 41.6 Å². The van der Waals surface area contributed by atoms with E-state index >= 15 is 0 Å². The fraction of sp³-hybridized carbons (Fsp3) is 0.409. The molecule has 0 saturated heterocycles. The number of ether oxygens (including phenoxy) is 1. The number of rotatable bonds is 5. The van der Waals surface area contributed by atoms with E-state index in [1.165, 1.54) is 12.1 Å². The van der Waals surface area contributed by atoms with Crippen LogP contribution in [0.2, 0.25) is 0 Å².